The quantitative estimate of drug-likeness (QED) is 0.0827. The summed E-state index contributed by atoms with van der Waals surface area (Å²) in [4.78, 5) is 0.977. The third kappa shape index (κ3) is 7.33. The summed E-state index contributed by atoms with van der Waals surface area (Å²) in [6, 6.07) is 21.0. The average molecular weight is 714 g/mol. The molecule has 0 fully saturated rings. The van der Waals surface area contributed by atoms with Gasteiger partial charge in [-0.3, -0.25) is 0 Å². The highest BCUT2D eigenvalue weighted by Gasteiger charge is 2.36. The highest BCUT2D eigenvalue weighted by Crippen LogP contribution is 2.43. The molecule has 0 aliphatic heterocycles. The van der Waals surface area contributed by atoms with Crippen LogP contribution in [0.15, 0.2) is 66.2 Å². The highest BCUT2D eigenvalue weighted by atomic mass is 127. The molecule has 0 aromatic heterocycles. The van der Waals surface area contributed by atoms with Crippen LogP contribution in [0.25, 0.3) is 6.08 Å². The predicted octanol–water partition coefficient (Wildman–Crippen LogP) is 8.48. The van der Waals surface area contributed by atoms with Crippen LogP contribution in [0.5, 0.6) is 0 Å². The van der Waals surface area contributed by atoms with Crippen LogP contribution in [0.1, 0.15) is 44.2 Å². The smallest absolute Gasteiger partial charge is 0.0504 e. The Balaban J connectivity index is 2.57. The number of benzene rings is 2. The predicted molar refractivity (Wildman–Crippen MR) is 150 cm³/mol. The maximum atomic E-state index is 6.05. The fourth-order valence-corrected chi connectivity index (χ4v) is 8.48. The normalized spacial score (nSPS) is 16.4. The van der Waals surface area contributed by atoms with Gasteiger partial charge in [0.1, 0.15) is 0 Å². The lowest BCUT2D eigenvalue weighted by Gasteiger charge is -2.34. The van der Waals surface area contributed by atoms with Gasteiger partial charge in [0.2, 0.25) is 0 Å². The van der Waals surface area contributed by atoms with Crippen molar-refractivity contribution in [3.05, 3.63) is 77.4 Å². The molecular formula is C23H25I3S. The molecule has 27 heavy (non-hydrogen) atoms. The Morgan fingerprint density at radius 3 is 2.07 bits per heavy atom. The van der Waals surface area contributed by atoms with Gasteiger partial charge in [0, 0.05) is 12.7 Å². The van der Waals surface area contributed by atoms with Crippen LogP contribution in [-0.4, -0.2) is 16.1 Å². The van der Waals surface area contributed by atoms with Gasteiger partial charge in [-0.25, -0.2) is 0 Å². The maximum absolute atomic E-state index is 6.05. The third-order valence-corrected chi connectivity index (χ3v) is 8.15. The molecule has 0 N–H and O–H groups in total. The summed E-state index contributed by atoms with van der Waals surface area (Å²) >= 11 is 13.9. The molecular weight excluding hydrogens is 689 g/mol. The second-order valence-corrected chi connectivity index (χ2v) is 13.2. The van der Waals surface area contributed by atoms with E-state index in [2.05, 4.69) is 148 Å². The molecule has 0 aliphatic rings. The molecule has 2 rings (SSSR count). The van der Waals surface area contributed by atoms with Crippen molar-refractivity contribution in [3.8, 4) is 0 Å². The number of halogens is 3. The van der Waals surface area contributed by atoms with E-state index in [1.807, 2.05) is 0 Å². The molecule has 0 aliphatic carbocycles. The summed E-state index contributed by atoms with van der Waals surface area (Å²) in [7, 11) is 0. The summed E-state index contributed by atoms with van der Waals surface area (Å²) < 4.78 is 1.23. The molecule has 0 saturated carbocycles. The number of hydrogen-bond acceptors (Lipinski definition) is 1. The lowest BCUT2D eigenvalue weighted by Crippen LogP contribution is -2.33. The zero-order chi connectivity index (χ0) is 19.9. The Labute approximate surface area is 210 Å². The van der Waals surface area contributed by atoms with E-state index >= 15 is 0 Å². The van der Waals surface area contributed by atoms with Gasteiger partial charge < -0.3 is 0 Å². The molecule has 2 aromatic rings. The average Bonchev–Trinajstić information content (AvgIpc) is 2.66. The molecule has 0 amide bonds. The monoisotopic (exact) mass is 714 g/mol. The first-order chi connectivity index (χ1) is 12.9. The Kier molecular flexibility index (Phi) is 10.2. The van der Waals surface area contributed by atoms with E-state index in [1.165, 1.54) is 17.6 Å². The van der Waals surface area contributed by atoms with Gasteiger partial charge in [-0.2, -0.15) is 0 Å². The lowest BCUT2D eigenvalue weighted by molar-refractivity contribution is 0.598. The minimum absolute atomic E-state index is 0.0169. The largest absolute Gasteiger partial charge is 0.0829 e. The molecule has 0 heterocycles. The summed E-state index contributed by atoms with van der Waals surface area (Å²) in [5.74, 6) is 0. The van der Waals surface area contributed by atoms with Gasteiger partial charge in [0.25, 0.3) is 0 Å². The second-order valence-electron chi connectivity index (χ2n) is 6.82. The highest BCUT2D eigenvalue weighted by molar-refractivity contribution is 14.1. The summed E-state index contributed by atoms with van der Waals surface area (Å²) in [6.45, 7) is 4.57. The molecule has 4 heteroatoms. The van der Waals surface area contributed by atoms with Crippen LogP contribution in [-0.2, 0) is 0 Å². The van der Waals surface area contributed by atoms with Crippen molar-refractivity contribution in [3.63, 3.8) is 0 Å². The molecule has 0 radical (unpaired) electrons. The Bertz CT molecular complexity index is 756. The fraction of sp³-hybridized carbons (Fsp3) is 0.348. The first-order valence-corrected chi connectivity index (χ1v) is 13.2. The molecule has 0 spiro atoms. The van der Waals surface area contributed by atoms with Crippen molar-refractivity contribution in [2.24, 2.45) is 0 Å². The number of rotatable bonds is 9. The van der Waals surface area contributed by atoms with Gasteiger partial charge in [0.15, 0.2) is 0 Å². The number of hydrogen-bond donors (Lipinski definition) is 0. The van der Waals surface area contributed by atoms with Crippen molar-refractivity contribution in [1.82, 2.24) is 0 Å². The molecule has 0 bridgehead atoms. The van der Waals surface area contributed by atoms with Crippen LogP contribution in [0.4, 0.5) is 0 Å². The molecule has 3 atom stereocenters. The third-order valence-electron chi connectivity index (χ3n) is 4.47. The molecule has 2 aromatic carbocycles. The van der Waals surface area contributed by atoms with Gasteiger partial charge in [0.05, 0.1) is 3.42 Å². The van der Waals surface area contributed by atoms with Gasteiger partial charge >= 0.3 is 0 Å². The van der Waals surface area contributed by atoms with Crippen molar-refractivity contribution in [2.75, 3.05) is 0 Å². The zero-order valence-corrected chi connectivity index (χ0v) is 23.0. The zero-order valence-electron chi connectivity index (χ0n) is 15.7. The second kappa shape index (κ2) is 11.6. The Morgan fingerprint density at radius 2 is 1.56 bits per heavy atom. The minimum atomic E-state index is 0.0169. The van der Waals surface area contributed by atoms with Crippen molar-refractivity contribution in [1.29, 1.82) is 0 Å². The SMILES string of the molecule is CCC(I)CC(I)(CC(C)I)C(=Cc1ccccc1)C(=S)c1ccccc1. The fourth-order valence-electron chi connectivity index (χ4n) is 3.10. The van der Waals surface area contributed by atoms with E-state index in [0.29, 0.717) is 7.85 Å². The first kappa shape index (κ1) is 23.7. The van der Waals surface area contributed by atoms with Gasteiger partial charge in [-0.05, 0) is 42.0 Å². The van der Waals surface area contributed by atoms with Crippen molar-refractivity contribution >= 4 is 90.9 Å². The van der Waals surface area contributed by atoms with E-state index < -0.39 is 0 Å². The van der Waals surface area contributed by atoms with Crippen LogP contribution in [0, 0.1) is 0 Å². The first-order valence-electron chi connectivity index (χ1n) is 9.19. The van der Waals surface area contributed by atoms with Crippen LogP contribution in [0.3, 0.4) is 0 Å². The summed E-state index contributed by atoms with van der Waals surface area (Å²) in [5, 5.41) is 0. The molecule has 0 saturated heterocycles. The maximum Gasteiger partial charge on any atom is 0.0504 e. The standard InChI is InChI=1S/C23H25I3S/c1-3-20(25)16-23(26,15-17(2)24)21(14-18-10-6-4-7-11-18)22(27)19-12-8-5-9-13-19/h4-14,17,20H,3,15-16H2,1-2H3. The van der Waals surface area contributed by atoms with Crippen LogP contribution < -0.4 is 0 Å². The Morgan fingerprint density at radius 1 is 1.00 bits per heavy atom. The van der Waals surface area contributed by atoms with E-state index in [0.717, 1.165) is 23.3 Å². The minimum Gasteiger partial charge on any atom is -0.0829 e. The van der Waals surface area contributed by atoms with E-state index in [-0.39, 0.29) is 3.42 Å². The number of thiocarbonyl (C=S) groups is 1. The van der Waals surface area contributed by atoms with Crippen molar-refractivity contribution < 1.29 is 0 Å². The molecule has 0 nitrogen and oxygen atoms in total. The summed E-state index contributed by atoms with van der Waals surface area (Å²) in [5.41, 5.74) is 3.64. The number of alkyl halides is 3. The van der Waals surface area contributed by atoms with Gasteiger partial charge in [-0.15, -0.1) is 0 Å². The van der Waals surface area contributed by atoms with Crippen LogP contribution >= 0.6 is 80.0 Å². The topological polar surface area (TPSA) is 0 Å². The lowest BCUT2D eigenvalue weighted by atomic mass is 9.84. The van der Waals surface area contributed by atoms with Crippen LogP contribution in [0.2, 0.25) is 0 Å². The summed E-state index contributed by atoms with van der Waals surface area (Å²) in [6.07, 6.45) is 5.74. The van der Waals surface area contributed by atoms with E-state index in [1.54, 1.807) is 0 Å². The molecule has 3 unspecified atom stereocenters. The molecule has 144 valence electrons. The number of allylic oxidation sites excluding steroid dienone is 1. The Hall–Kier alpha value is 0.460. The van der Waals surface area contributed by atoms with E-state index in [9.17, 15) is 0 Å². The van der Waals surface area contributed by atoms with Crippen molar-refractivity contribution in [2.45, 2.75) is 44.4 Å². The van der Waals surface area contributed by atoms with Gasteiger partial charge in [-0.1, -0.05) is 155 Å². The van der Waals surface area contributed by atoms with E-state index in [4.69, 9.17) is 12.2 Å².